The maximum absolute atomic E-state index is 12.7. The highest BCUT2D eigenvalue weighted by molar-refractivity contribution is 5.97. The van der Waals surface area contributed by atoms with E-state index in [9.17, 15) is 14.9 Å². The zero-order chi connectivity index (χ0) is 22.6. The molecule has 1 aromatic heterocycles. The number of ether oxygens (including phenoxy) is 1. The standard InChI is InChI=1S/C24H26N4O3/c1-15-6-5-7-20(28-23(30)31-24(2,3)4)18-11-17(13-26-14-18)19-9-8-16(12-25)10-21(19)27-22(15)29/h5-6,8-11,13-15,20H,7H2,1-4H3,(H,27,29)(H,28,30)/b6-5+/t15-,20+/m1/s1. The zero-order valence-corrected chi connectivity index (χ0v) is 18.1. The van der Waals surface area contributed by atoms with E-state index in [1.165, 1.54) is 0 Å². The van der Waals surface area contributed by atoms with Crippen LogP contribution in [0, 0.1) is 17.2 Å². The van der Waals surface area contributed by atoms with Crippen LogP contribution in [0.1, 0.15) is 51.3 Å². The minimum absolute atomic E-state index is 0.186. The van der Waals surface area contributed by atoms with E-state index in [1.807, 2.05) is 32.9 Å². The highest BCUT2D eigenvalue weighted by atomic mass is 16.6. The van der Waals surface area contributed by atoms with Crippen LogP contribution in [0.4, 0.5) is 10.5 Å². The molecule has 0 saturated heterocycles. The second-order valence-electron chi connectivity index (χ2n) is 8.52. The van der Waals surface area contributed by atoms with Gasteiger partial charge in [0.05, 0.1) is 23.6 Å². The number of nitrogens with one attached hydrogen (secondary N) is 2. The zero-order valence-electron chi connectivity index (χ0n) is 18.1. The molecule has 31 heavy (non-hydrogen) atoms. The van der Waals surface area contributed by atoms with Crippen molar-refractivity contribution in [3.8, 4) is 17.2 Å². The summed E-state index contributed by atoms with van der Waals surface area (Å²) in [6.45, 7) is 7.22. The van der Waals surface area contributed by atoms with Gasteiger partial charge in [0.15, 0.2) is 0 Å². The number of benzene rings is 1. The Labute approximate surface area is 182 Å². The number of fused-ring (bicyclic) bond motifs is 4. The molecule has 2 amide bonds. The molecule has 2 bridgehead atoms. The van der Waals surface area contributed by atoms with Crippen molar-refractivity contribution < 1.29 is 14.3 Å². The summed E-state index contributed by atoms with van der Waals surface area (Å²) in [6, 6.07) is 8.78. The normalized spacial score (nSPS) is 19.5. The maximum Gasteiger partial charge on any atom is 0.408 e. The van der Waals surface area contributed by atoms with Crippen molar-refractivity contribution in [2.45, 2.75) is 45.8 Å². The molecule has 2 heterocycles. The fourth-order valence-electron chi connectivity index (χ4n) is 3.25. The van der Waals surface area contributed by atoms with Gasteiger partial charge in [-0.05, 0) is 51.0 Å². The van der Waals surface area contributed by atoms with Gasteiger partial charge in [-0.25, -0.2) is 4.79 Å². The largest absolute Gasteiger partial charge is 0.444 e. The van der Waals surface area contributed by atoms with E-state index in [-0.39, 0.29) is 11.9 Å². The summed E-state index contributed by atoms with van der Waals surface area (Å²) in [5.74, 6) is -0.578. The van der Waals surface area contributed by atoms with Crippen molar-refractivity contribution in [2.75, 3.05) is 5.32 Å². The number of carbonyl (C=O) groups is 2. The lowest BCUT2D eigenvalue weighted by atomic mass is 9.97. The van der Waals surface area contributed by atoms with E-state index in [1.54, 1.807) is 43.6 Å². The Morgan fingerprint density at radius 1 is 1.29 bits per heavy atom. The fourth-order valence-corrected chi connectivity index (χ4v) is 3.25. The second-order valence-corrected chi connectivity index (χ2v) is 8.52. The van der Waals surface area contributed by atoms with Gasteiger partial charge in [-0.3, -0.25) is 9.78 Å². The average molecular weight is 418 g/mol. The van der Waals surface area contributed by atoms with Gasteiger partial charge >= 0.3 is 6.09 Å². The van der Waals surface area contributed by atoms with Gasteiger partial charge < -0.3 is 15.4 Å². The molecule has 1 aromatic carbocycles. The number of pyridine rings is 1. The average Bonchev–Trinajstić information content (AvgIpc) is 2.71. The molecule has 1 aliphatic rings. The number of nitrogens with zero attached hydrogens (tertiary/aromatic N) is 2. The third-order valence-electron chi connectivity index (χ3n) is 4.78. The van der Waals surface area contributed by atoms with Crippen molar-refractivity contribution in [2.24, 2.45) is 5.92 Å². The predicted octanol–water partition coefficient (Wildman–Crippen LogP) is 4.72. The Morgan fingerprint density at radius 3 is 2.77 bits per heavy atom. The van der Waals surface area contributed by atoms with Gasteiger partial charge in [0.1, 0.15) is 5.60 Å². The second kappa shape index (κ2) is 9.00. The minimum atomic E-state index is -0.616. The van der Waals surface area contributed by atoms with Crippen LogP contribution in [0.15, 0.2) is 48.8 Å². The smallest absolute Gasteiger partial charge is 0.408 e. The van der Waals surface area contributed by atoms with E-state index in [0.29, 0.717) is 17.7 Å². The van der Waals surface area contributed by atoms with Crippen molar-refractivity contribution in [1.82, 2.24) is 10.3 Å². The van der Waals surface area contributed by atoms with E-state index < -0.39 is 17.6 Å². The topological polar surface area (TPSA) is 104 Å². The first-order valence-corrected chi connectivity index (χ1v) is 10.1. The summed E-state index contributed by atoms with van der Waals surface area (Å²) in [5, 5.41) is 15.1. The van der Waals surface area contributed by atoms with Crippen molar-refractivity contribution in [1.29, 1.82) is 5.26 Å². The van der Waals surface area contributed by atoms with Gasteiger partial charge in [0, 0.05) is 29.2 Å². The van der Waals surface area contributed by atoms with Crippen LogP contribution in [-0.2, 0) is 9.53 Å². The van der Waals surface area contributed by atoms with Crippen molar-refractivity contribution >= 4 is 17.7 Å². The third kappa shape index (κ3) is 5.70. The summed E-state index contributed by atoms with van der Waals surface area (Å²) in [6.07, 6.45) is 7.02. The molecule has 2 N–H and O–H groups in total. The molecule has 0 radical (unpaired) electrons. The van der Waals surface area contributed by atoms with Crippen molar-refractivity contribution in [3.63, 3.8) is 0 Å². The molecule has 0 saturated carbocycles. The Bertz CT molecular complexity index is 1060. The lowest BCUT2D eigenvalue weighted by Crippen LogP contribution is -2.35. The molecule has 7 nitrogen and oxygen atoms in total. The molecule has 0 unspecified atom stereocenters. The number of nitriles is 1. The number of alkyl carbamates (subject to hydrolysis) is 1. The number of amides is 2. The Kier molecular flexibility index (Phi) is 6.40. The van der Waals surface area contributed by atoms with Crippen molar-refractivity contribution in [3.05, 3.63) is 59.9 Å². The molecule has 0 spiro atoms. The first-order chi connectivity index (χ1) is 14.7. The molecule has 160 valence electrons. The van der Waals surface area contributed by atoms with Gasteiger partial charge in [-0.15, -0.1) is 0 Å². The highest BCUT2D eigenvalue weighted by Gasteiger charge is 2.22. The number of hydrogen-bond donors (Lipinski definition) is 2. The number of rotatable bonds is 1. The van der Waals surface area contributed by atoms with E-state index >= 15 is 0 Å². The summed E-state index contributed by atoms with van der Waals surface area (Å²) in [5.41, 5.74) is 2.70. The monoisotopic (exact) mass is 418 g/mol. The van der Waals surface area contributed by atoms with Gasteiger partial charge in [-0.2, -0.15) is 5.26 Å². The summed E-state index contributed by atoms with van der Waals surface area (Å²) in [7, 11) is 0. The molecule has 0 aliphatic carbocycles. The van der Waals surface area contributed by atoms with Crippen LogP contribution in [0.5, 0.6) is 0 Å². The first-order valence-electron chi connectivity index (χ1n) is 10.1. The maximum atomic E-state index is 12.7. The molecule has 3 rings (SSSR count). The highest BCUT2D eigenvalue weighted by Crippen LogP contribution is 2.32. The van der Waals surface area contributed by atoms with Crippen LogP contribution in [0.3, 0.4) is 0 Å². The molecule has 7 heteroatoms. The molecular formula is C24H26N4O3. The van der Waals surface area contributed by atoms with Gasteiger partial charge in [-0.1, -0.05) is 25.1 Å². The Balaban J connectivity index is 2.06. The van der Waals surface area contributed by atoms with Gasteiger partial charge in [0.2, 0.25) is 5.91 Å². The number of hydrogen-bond acceptors (Lipinski definition) is 5. The van der Waals surface area contributed by atoms with Crippen LogP contribution in [0.25, 0.3) is 11.1 Å². The van der Waals surface area contributed by atoms with Crippen LogP contribution >= 0.6 is 0 Å². The number of carbonyl (C=O) groups excluding carboxylic acids is 2. The van der Waals surface area contributed by atoms with E-state index in [4.69, 9.17) is 4.74 Å². The number of aromatic nitrogens is 1. The predicted molar refractivity (Wildman–Crippen MR) is 118 cm³/mol. The van der Waals surface area contributed by atoms with Gasteiger partial charge in [0.25, 0.3) is 0 Å². The van der Waals surface area contributed by atoms with Crippen LogP contribution < -0.4 is 10.6 Å². The minimum Gasteiger partial charge on any atom is -0.444 e. The summed E-state index contributed by atoms with van der Waals surface area (Å²) in [4.78, 5) is 29.4. The Morgan fingerprint density at radius 2 is 2.06 bits per heavy atom. The molecule has 2 atom stereocenters. The van der Waals surface area contributed by atoms with Crippen LogP contribution in [-0.4, -0.2) is 22.6 Å². The lowest BCUT2D eigenvalue weighted by molar-refractivity contribution is -0.118. The fraction of sp³-hybridized carbons (Fsp3) is 0.333. The molecular weight excluding hydrogens is 392 g/mol. The molecule has 0 fully saturated rings. The van der Waals surface area contributed by atoms with E-state index in [2.05, 4.69) is 21.7 Å². The summed E-state index contributed by atoms with van der Waals surface area (Å²) >= 11 is 0. The quantitative estimate of drug-likeness (QED) is 0.652. The summed E-state index contributed by atoms with van der Waals surface area (Å²) < 4.78 is 5.42. The molecule has 1 aliphatic heterocycles. The van der Waals surface area contributed by atoms with E-state index in [0.717, 1.165) is 16.7 Å². The third-order valence-corrected chi connectivity index (χ3v) is 4.78. The first kappa shape index (κ1) is 22.0. The van der Waals surface area contributed by atoms with Crippen LogP contribution in [0.2, 0.25) is 0 Å². The lowest BCUT2D eigenvalue weighted by Gasteiger charge is -2.24. The molecule has 2 aromatic rings. The SMILES string of the molecule is C[C@@H]1/C=C/C[C@H](NC(=O)OC(C)(C)C)c2cncc(c2)-c2ccc(C#N)cc2NC1=O. The number of anilines is 1. The Hall–Kier alpha value is -3.66.